The van der Waals surface area contributed by atoms with E-state index >= 15 is 0 Å². The van der Waals surface area contributed by atoms with Crippen molar-refractivity contribution in [2.45, 2.75) is 33.7 Å². The first-order valence-corrected chi connectivity index (χ1v) is 9.86. The number of anilines is 1. The van der Waals surface area contributed by atoms with Crippen LogP contribution in [0.5, 0.6) is 0 Å². The van der Waals surface area contributed by atoms with Crippen LogP contribution in [0.1, 0.15) is 29.3 Å². The van der Waals surface area contributed by atoms with Crippen molar-refractivity contribution in [3.63, 3.8) is 0 Å². The van der Waals surface area contributed by atoms with Gasteiger partial charge >= 0.3 is 0 Å². The van der Waals surface area contributed by atoms with E-state index in [2.05, 4.69) is 64.9 Å². The molecule has 142 valence electrons. The van der Waals surface area contributed by atoms with Gasteiger partial charge in [0.25, 0.3) is 0 Å². The van der Waals surface area contributed by atoms with E-state index in [0.717, 1.165) is 41.2 Å². The van der Waals surface area contributed by atoms with E-state index in [0.29, 0.717) is 5.02 Å². The van der Waals surface area contributed by atoms with Gasteiger partial charge in [-0.25, -0.2) is 9.97 Å². The van der Waals surface area contributed by atoms with Gasteiger partial charge in [0.05, 0.1) is 5.39 Å². The largest absolute Gasteiger partial charge is 0.365 e. The highest BCUT2D eigenvalue weighted by Crippen LogP contribution is 2.32. The number of benzene rings is 2. The van der Waals surface area contributed by atoms with Crippen LogP contribution in [0.3, 0.4) is 0 Å². The smallest absolute Gasteiger partial charge is 0.150 e. The van der Waals surface area contributed by atoms with Gasteiger partial charge in [0.15, 0.2) is 5.65 Å². The third-order valence-corrected chi connectivity index (χ3v) is 5.48. The van der Waals surface area contributed by atoms with Gasteiger partial charge in [0, 0.05) is 22.9 Å². The molecular formula is C23H23ClN4. The summed E-state index contributed by atoms with van der Waals surface area (Å²) in [4.78, 5) is 9.10. The Balaban J connectivity index is 1.73. The van der Waals surface area contributed by atoms with Crippen LogP contribution in [0.2, 0.25) is 5.02 Å². The summed E-state index contributed by atoms with van der Waals surface area (Å²) in [7, 11) is 0. The average molecular weight is 391 g/mol. The Morgan fingerprint density at radius 2 is 1.75 bits per heavy atom. The molecule has 0 aliphatic heterocycles. The van der Waals surface area contributed by atoms with Gasteiger partial charge in [-0.15, -0.1) is 0 Å². The number of fused-ring (bicyclic) bond motifs is 1. The monoisotopic (exact) mass is 390 g/mol. The van der Waals surface area contributed by atoms with Crippen LogP contribution in [0.15, 0.2) is 54.9 Å². The summed E-state index contributed by atoms with van der Waals surface area (Å²) >= 11 is 6.22. The Morgan fingerprint density at radius 3 is 2.46 bits per heavy atom. The Morgan fingerprint density at radius 1 is 1.00 bits per heavy atom. The van der Waals surface area contributed by atoms with Crippen LogP contribution in [0, 0.1) is 13.8 Å². The highest BCUT2D eigenvalue weighted by Gasteiger charge is 2.17. The van der Waals surface area contributed by atoms with Gasteiger partial charge in [-0.3, -0.25) is 4.57 Å². The van der Waals surface area contributed by atoms with E-state index in [9.17, 15) is 0 Å². The summed E-state index contributed by atoms with van der Waals surface area (Å²) in [6.07, 6.45) is 2.67. The molecule has 2 aromatic heterocycles. The maximum Gasteiger partial charge on any atom is 0.150 e. The first-order chi connectivity index (χ1) is 13.6. The summed E-state index contributed by atoms with van der Waals surface area (Å²) in [5, 5.41) is 5.25. The molecule has 0 atom stereocenters. The molecule has 0 spiro atoms. The molecule has 2 aromatic carbocycles. The summed E-state index contributed by atoms with van der Waals surface area (Å²) in [5.74, 6) is 0.853. The number of halogens is 1. The Labute approximate surface area is 170 Å². The molecule has 0 aliphatic carbocycles. The van der Waals surface area contributed by atoms with Crippen molar-refractivity contribution in [2.75, 3.05) is 5.32 Å². The van der Waals surface area contributed by atoms with E-state index in [4.69, 9.17) is 11.6 Å². The number of hydrogen-bond acceptors (Lipinski definition) is 3. The third kappa shape index (κ3) is 3.36. The lowest BCUT2D eigenvalue weighted by molar-refractivity contribution is 1.01. The van der Waals surface area contributed by atoms with E-state index in [1.54, 1.807) is 6.33 Å². The number of hydrogen-bond donors (Lipinski definition) is 1. The summed E-state index contributed by atoms with van der Waals surface area (Å²) in [6, 6.07) is 16.5. The molecular weight excluding hydrogens is 368 g/mol. The summed E-state index contributed by atoms with van der Waals surface area (Å²) in [6.45, 7) is 7.10. The van der Waals surface area contributed by atoms with E-state index < -0.39 is 0 Å². The molecule has 0 aliphatic rings. The fourth-order valence-electron chi connectivity index (χ4n) is 3.54. The number of aromatic nitrogens is 3. The lowest BCUT2D eigenvalue weighted by atomic mass is 10.1. The fraction of sp³-hybridized carbons (Fsp3) is 0.217. The van der Waals surface area contributed by atoms with Crippen LogP contribution in [0.25, 0.3) is 16.7 Å². The lowest BCUT2D eigenvalue weighted by Gasteiger charge is -2.09. The fourth-order valence-corrected chi connectivity index (χ4v) is 3.73. The molecule has 0 fully saturated rings. The molecule has 4 aromatic rings. The molecule has 2 heterocycles. The van der Waals surface area contributed by atoms with E-state index in [1.807, 2.05) is 24.3 Å². The van der Waals surface area contributed by atoms with E-state index in [-0.39, 0.29) is 0 Å². The minimum Gasteiger partial charge on any atom is -0.365 e. The van der Waals surface area contributed by atoms with Gasteiger partial charge < -0.3 is 5.32 Å². The molecule has 0 radical (unpaired) electrons. The standard InChI is InChI=1S/C23H23ClN4/c1-4-17-8-10-18(11-9-17)13-25-22-21-15(2)16(3)28(23(21)27-14-26-22)20-7-5-6-19(24)12-20/h5-12,14H,4,13H2,1-3H3,(H,25,26,27). The van der Waals surface area contributed by atoms with Gasteiger partial charge in [0.2, 0.25) is 0 Å². The van der Waals surface area contributed by atoms with Gasteiger partial charge in [-0.1, -0.05) is 48.9 Å². The third-order valence-electron chi connectivity index (χ3n) is 5.25. The molecule has 4 rings (SSSR count). The van der Waals surface area contributed by atoms with Crippen molar-refractivity contribution in [1.82, 2.24) is 14.5 Å². The Hall–Kier alpha value is -2.85. The number of nitrogens with one attached hydrogen (secondary N) is 1. The minimum atomic E-state index is 0.708. The second kappa shape index (κ2) is 7.64. The van der Waals surface area contributed by atoms with Gasteiger partial charge in [0.1, 0.15) is 12.1 Å². The summed E-state index contributed by atoms with van der Waals surface area (Å²) in [5.41, 5.74) is 6.76. The van der Waals surface area contributed by atoms with Crippen molar-refractivity contribution < 1.29 is 0 Å². The average Bonchev–Trinajstić information content (AvgIpc) is 2.98. The highest BCUT2D eigenvalue weighted by atomic mass is 35.5. The molecule has 4 nitrogen and oxygen atoms in total. The molecule has 1 N–H and O–H groups in total. The maximum absolute atomic E-state index is 6.22. The SMILES string of the molecule is CCc1ccc(CNc2ncnc3c2c(C)c(C)n3-c2cccc(Cl)c2)cc1. The first-order valence-electron chi connectivity index (χ1n) is 9.48. The van der Waals surface area contributed by atoms with Crippen LogP contribution in [-0.4, -0.2) is 14.5 Å². The predicted octanol–water partition coefficient (Wildman–Crippen LogP) is 5.87. The number of nitrogens with zero attached hydrogens (tertiary/aromatic N) is 3. The zero-order valence-electron chi connectivity index (χ0n) is 16.3. The molecule has 0 bridgehead atoms. The highest BCUT2D eigenvalue weighted by molar-refractivity contribution is 6.30. The molecule has 0 amide bonds. The quantitative estimate of drug-likeness (QED) is 0.463. The van der Waals surface area contributed by atoms with Crippen molar-refractivity contribution >= 4 is 28.5 Å². The molecule has 28 heavy (non-hydrogen) atoms. The van der Waals surface area contributed by atoms with E-state index in [1.165, 1.54) is 16.7 Å². The van der Waals surface area contributed by atoms with Crippen molar-refractivity contribution in [3.8, 4) is 5.69 Å². The first kappa shape index (κ1) is 18.5. The van der Waals surface area contributed by atoms with Crippen LogP contribution >= 0.6 is 11.6 Å². The van der Waals surface area contributed by atoms with Crippen molar-refractivity contribution in [3.05, 3.63) is 82.3 Å². The number of rotatable bonds is 5. The van der Waals surface area contributed by atoms with Crippen molar-refractivity contribution in [2.24, 2.45) is 0 Å². The topological polar surface area (TPSA) is 42.7 Å². The van der Waals surface area contributed by atoms with Crippen LogP contribution in [-0.2, 0) is 13.0 Å². The summed E-state index contributed by atoms with van der Waals surface area (Å²) < 4.78 is 2.14. The maximum atomic E-state index is 6.22. The predicted molar refractivity (Wildman–Crippen MR) is 116 cm³/mol. The normalized spacial score (nSPS) is 11.1. The van der Waals surface area contributed by atoms with Gasteiger partial charge in [-0.2, -0.15) is 0 Å². The molecule has 5 heteroatoms. The minimum absolute atomic E-state index is 0.708. The molecule has 0 unspecified atom stereocenters. The second-order valence-electron chi connectivity index (χ2n) is 6.97. The van der Waals surface area contributed by atoms with Crippen LogP contribution in [0.4, 0.5) is 5.82 Å². The molecule has 0 saturated heterocycles. The molecule has 0 saturated carbocycles. The zero-order valence-corrected chi connectivity index (χ0v) is 17.1. The van der Waals surface area contributed by atoms with Crippen LogP contribution < -0.4 is 5.32 Å². The van der Waals surface area contributed by atoms with Gasteiger partial charge in [-0.05, 0) is 55.2 Å². The number of aryl methyl sites for hydroxylation is 2. The Kier molecular flexibility index (Phi) is 5.05. The second-order valence-corrected chi connectivity index (χ2v) is 7.41. The lowest BCUT2D eigenvalue weighted by Crippen LogP contribution is -2.03. The zero-order chi connectivity index (χ0) is 19.7. The van der Waals surface area contributed by atoms with Crippen molar-refractivity contribution in [1.29, 1.82) is 0 Å². The Bertz CT molecular complexity index is 1130.